The van der Waals surface area contributed by atoms with Gasteiger partial charge in [-0.05, 0) is 43.4 Å². The van der Waals surface area contributed by atoms with Crippen molar-refractivity contribution in [1.82, 2.24) is 4.31 Å². The molecule has 1 aliphatic heterocycles. The average molecular weight is 346 g/mol. The number of hydrogen-bond acceptors (Lipinski definition) is 2. The molecular formula is C14H20BrNO2S. The third-order valence-corrected chi connectivity index (χ3v) is 6.65. The van der Waals surface area contributed by atoms with Crippen LogP contribution >= 0.6 is 15.9 Å². The zero-order chi connectivity index (χ0) is 14.0. The molecule has 0 bridgehead atoms. The summed E-state index contributed by atoms with van der Waals surface area (Å²) in [4.78, 5) is 0.401. The monoisotopic (exact) mass is 345 g/mol. The van der Waals surface area contributed by atoms with Gasteiger partial charge in [0.1, 0.15) is 0 Å². The SMILES string of the molecule is CC1CCCN(S(=O)(=O)c2ccc(CBr)cc2)C1C. The van der Waals surface area contributed by atoms with Gasteiger partial charge in [0.15, 0.2) is 0 Å². The molecule has 2 atom stereocenters. The summed E-state index contributed by atoms with van der Waals surface area (Å²) in [5, 5.41) is 0.741. The van der Waals surface area contributed by atoms with Crippen molar-refractivity contribution in [1.29, 1.82) is 0 Å². The van der Waals surface area contributed by atoms with Gasteiger partial charge in [0.25, 0.3) is 0 Å². The van der Waals surface area contributed by atoms with Gasteiger partial charge < -0.3 is 0 Å². The second-order valence-corrected chi connectivity index (χ2v) is 7.70. The van der Waals surface area contributed by atoms with E-state index < -0.39 is 10.0 Å². The first-order chi connectivity index (χ1) is 8.96. The van der Waals surface area contributed by atoms with E-state index in [9.17, 15) is 8.42 Å². The Morgan fingerprint density at radius 1 is 1.26 bits per heavy atom. The Morgan fingerprint density at radius 2 is 1.89 bits per heavy atom. The fraction of sp³-hybridized carbons (Fsp3) is 0.571. The summed E-state index contributed by atoms with van der Waals surface area (Å²) in [7, 11) is -3.35. The summed E-state index contributed by atoms with van der Waals surface area (Å²) >= 11 is 3.37. The van der Waals surface area contributed by atoms with Crippen LogP contribution in [0.1, 0.15) is 32.3 Å². The van der Waals surface area contributed by atoms with Crippen molar-refractivity contribution in [3.63, 3.8) is 0 Å². The molecule has 2 unspecified atom stereocenters. The van der Waals surface area contributed by atoms with E-state index in [0.29, 0.717) is 17.4 Å². The highest BCUT2D eigenvalue weighted by Crippen LogP contribution is 2.28. The zero-order valence-electron chi connectivity index (χ0n) is 11.3. The summed E-state index contributed by atoms with van der Waals surface area (Å²) in [6, 6.07) is 7.21. The second-order valence-electron chi connectivity index (χ2n) is 5.25. The first-order valence-corrected chi connectivity index (χ1v) is 9.19. The minimum Gasteiger partial charge on any atom is -0.207 e. The van der Waals surface area contributed by atoms with Crippen LogP contribution in [0.25, 0.3) is 0 Å². The Kier molecular flexibility index (Phi) is 4.69. The van der Waals surface area contributed by atoms with E-state index in [0.717, 1.165) is 23.7 Å². The Bertz CT molecular complexity index is 527. The number of rotatable bonds is 3. The number of halogens is 1. The highest BCUT2D eigenvalue weighted by molar-refractivity contribution is 9.08. The minimum atomic E-state index is -3.35. The summed E-state index contributed by atoms with van der Waals surface area (Å²) in [5.41, 5.74) is 1.08. The van der Waals surface area contributed by atoms with Gasteiger partial charge in [0, 0.05) is 17.9 Å². The fourth-order valence-corrected chi connectivity index (χ4v) is 4.66. The van der Waals surface area contributed by atoms with Gasteiger partial charge in [-0.25, -0.2) is 8.42 Å². The van der Waals surface area contributed by atoms with Crippen LogP contribution in [0.2, 0.25) is 0 Å². The predicted octanol–water partition coefficient (Wildman–Crippen LogP) is 3.39. The maximum atomic E-state index is 12.7. The van der Waals surface area contributed by atoms with Crippen molar-refractivity contribution in [2.75, 3.05) is 6.54 Å². The molecule has 0 aromatic heterocycles. The maximum absolute atomic E-state index is 12.7. The van der Waals surface area contributed by atoms with E-state index in [4.69, 9.17) is 0 Å². The molecule has 1 aromatic carbocycles. The van der Waals surface area contributed by atoms with E-state index in [1.165, 1.54) is 0 Å². The van der Waals surface area contributed by atoms with Crippen molar-refractivity contribution >= 4 is 26.0 Å². The summed E-state index contributed by atoms with van der Waals surface area (Å²) in [6.07, 6.45) is 2.06. The van der Waals surface area contributed by atoms with E-state index >= 15 is 0 Å². The van der Waals surface area contributed by atoms with Crippen LogP contribution < -0.4 is 0 Å². The lowest BCUT2D eigenvalue weighted by Crippen LogP contribution is -2.45. The largest absolute Gasteiger partial charge is 0.243 e. The smallest absolute Gasteiger partial charge is 0.207 e. The molecular weight excluding hydrogens is 326 g/mol. The normalized spacial score (nSPS) is 25.4. The average Bonchev–Trinajstić information content (AvgIpc) is 2.41. The lowest BCUT2D eigenvalue weighted by atomic mass is 9.94. The summed E-state index contributed by atoms with van der Waals surface area (Å²) < 4.78 is 27.0. The van der Waals surface area contributed by atoms with Crippen LogP contribution in [0.5, 0.6) is 0 Å². The second kappa shape index (κ2) is 5.94. The molecule has 0 amide bonds. The molecule has 1 aromatic rings. The summed E-state index contributed by atoms with van der Waals surface area (Å²) in [6.45, 7) is 4.77. The first-order valence-electron chi connectivity index (χ1n) is 6.63. The quantitative estimate of drug-likeness (QED) is 0.787. The number of alkyl halides is 1. The number of hydrogen-bond donors (Lipinski definition) is 0. The molecule has 1 heterocycles. The lowest BCUT2D eigenvalue weighted by molar-refractivity contribution is 0.202. The van der Waals surface area contributed by atoms with Gasteiger partial charge >= 0.3 is 0 Å². The van der Waals surface area contributed by atoms with Crippen molar-refractivity contribution in [2.45, 2.75) is 43.0 Å². The molecule has 1 fully saturated rings. The Balaban J connectivity index is 2.30. The molecule has 19 heavy (non-hydrogen) atoms. The van der Waals surface area contributed by atoms with E-state index in [1.54, 1.807) is 16.4 Å². The van der Waals surface area contributed by atoms with Gasteiger partial charge in [-0.2, -0.15) is 4.31 Å². The van der Waals surface area contributed by atoms with Crippen molar-refractivity contribution in [2.24, 2.45) is 5.92 Å². The highest BCUT2D eigenvalue weighted by atomic mass is 79.9. The van der Waals surface area contributed by atoms with Gasteiger partial charge in [0.2, 0.25) is 10.0 Å². The molecule has 1 aliphatic rings. The van der Waals surface area contributed by atoms with Crippen LogP contribution in [0.15, 0.2) is 29.2 Å². The van der Waals surface area contributed by atoms with Gasteiger partial charge in [-0.3, -0.25) is 0 Å². The van der Waals surface area contributed by atoms with Crippen LogP contribution in [0, 0.1) is 5.92 Å². The molecule has 2 rings (SSSR count). The molecule has 0 aliphatic carbocycles. The van der Waals surface area contributed by atoms with Crippen LogP contribution in [-0.4, -0.2) is 25.3 Å². The van der Waals surface area contributed by atoms with Crippen LogP contribution in [0.4, 0.5) is 0 Å². The van der Waals surface area contributed by atoms with E-state index in [-0.39, 0.29) is 6.04 Å². The topological polar surface area (TPSA) is 37.4 Å². The predicted molar refractivity (Wildman–Crippen MR) is 80.8 cm³/mol. The number of benzene rings is 1. The third kappa shape index (κ3) is 3.03. The van der Waals surface area contributed by atoms with Crippen molar-refractivity contribution in [3.8, 4) is 0 Å². The fourth-order valence-electron chi connectivity index (χ4n) is 2.52. The standard InChI is InChI=1S/C14H20BrNO2S/c1-11-4-3-9-16(12(11)2)19(17,18)14-7-5-13(10-15)6-8-14/h5-8,11-12H,3-4,9-10H2,1-2H3. The van der Waals surface area contributed by atoms with Crippen molar-refractivity contribution < 1.29 is 8.42 Å². The minimum absolute atomic E-state index is 0.0783. The van der Waals surface area contributed by atoms with Crippen LogP contribution in [0.3, 0.4) is 0 Å². The number of sulfonamides is 1. The molecule has 106 valence electrons. The molecule has 0 radical (unpaired) electrons. The first kappa shape index (κ1) is 15.0. The van der Waals surface area contributed by atoms with Gasteiger partial charge in [-0.1, -0.05) is 35.0 Å². The highest BCUT2D eigenvalue weighted by Gasteiger charge is 2.34. The lowest BCUT2D eigenvalue weighted by Gasteiger charge is -2.36. The maximum Gasteiger partial charge on any atom is 0.243 e. The molecule has 3 nitrogen and oxygen atoms in total. The number of nitrogens with zero attached hydrogens (tertiary/aromatic N) is 1. The van der Waals surface area contributed by atoms with Gasteiger partial charge in [-0.15, -0.1) is 0 Å². The van der Waals surface area contributed by atoms with Crippen LogP contribution in [-0.2, 0) is 15.4 Å². The molecule has 0 N–H and O–H groups in total. The van der Waals surface area contributed by atoms with Crippen molar-refractivity contribution in [3.05, 3.63) is 29.8 Å². The Morgan fingerprint density at radius 3 is 2.47 bits per heavy atom. The third-order valence-electron chi connectivity index (χ3n) is 4.00. The molecule has 0 saturated carbocycles. The number of piperidine rings is 1. The molecule has 5 heteroatoms. The Labute approximate surface area is 124 Å². The zero-order valence-corrected chi connectivity index (χ0v) is 13.7. The molecule has 0 spiro atoms. The Hall–Kier alpha value is -0.390. The molecule has 1 saturated heterocycles. The van der Waals surface area contributed by atoms with E-state index in [1.807, 2.05) is 19.1 Å². The van der Waals surface area contributed by atoms with E-state index in [2.05, 4.69) is 22.9 Å². The summed E-state index contributed by atoms with van der Waals surface area (Å²) in [5.74, 6) is 0.422. The van der Waals surface area contributed by atoms with Gasteiger partial charge in [0.05, 0.1) is 4.90 Å².